The number of nitriles is 1. The summed E-state index contributed by atoms with van der Waals surface area (Å²) >= 11 is 3.34. The molecule has 0 unspecified atom stereocenters. The number of nitrogens with one attached hydrogen (secondary N) is 1. The summed E-state index contributed by atoms with van der Waals surface area (Å²) in [7, 11) is 0. The fraction of sp³-hybridized carbons (Fsp3) is 0.111. The zero-order valence-corrected chi connectivity index (χ0v) is 14.7. The van der Waals surface area contributed by atoms with E-state index in [4.69, 9.17) is 5.26 Å². The third kappa shape index (κ3) is 3.92. The highest BCUT2D eigenvalue weighted by atomic mass is 79.9. The van der Waals surface area contributed by atoms with E-state index in [2.05, 4.69) is 26.2 Å². The van der Waals surface area contributed by atoms with Crippen LogP contribution in [-0.4, -0.2) is 15.5 Å². The fourth-order valence-electron chi connectivity index (χ4n) is 2.36. The van der Waals surface area contributed by atoms with Crippen molar-refractivity contribution in [2.24, 2.45) is 0 Å². The Balaban J connectivity index is 1.69. The molecule has 0 spiro atoms. The molecule has 2 aromatic carbocycles. The lowest BCUT2D eigenvalue weighted by Gasteiger charge is -2.08. The lowest BCUT2D eigenvalue weighted by atomic mass is 10.2. The Bertz CT molecular complexity index is 1040. The number of hydrogen-bond acceptors (Lipinski definition) is 4. The second-order valence-corrected chi connectivity index (χ2v) is 6.31. The number of hydrogen-bond donors (Lipinski definition) is 1. The molecular formula is C18H13BrN4O2. The van der Waals surface area contributed by atoms with Gasteiger partial charge in [0.05, 0.1) is 28.9 Å². The van der Waals surface area contributed by atoms with Gasteiger partial charge in [0.15, 0.2) is 0 Å². The number of benzene rings is 2. The molecule has 0 atom stereocenters. The van der Waals surface area contributed by atoms with E-state index >= 15 is 0 Å². The molecule has 1 aromatic heterocycles. The third-order valence-corrected chi connectivity index (χ3v) is 4.16. The van der Waals surface area contributed by atoms with Crippen molar-refractivity contribution >= 4 is 38.4 Å². The Labute approximate surface area is 151 Å². The first-order valence-corrected chi connectivity index (χ1v) is 8.31. The van der Waals surface area contributed by atoms with Crippen molar-refractivity contribution < 1.29 is 4.79 Å². The summed E-state index contributed by atoms with van der Waals surface area (Å²) in [4.78, 5) is 28.8. The number of carbonyl (C=O) groups is 1. The molecule has 0 aliphatic rings. The van der Waals surface area contributed by atoms with Gasteiger partial charge < -0.3 is 5.32 Å². The first-order valence-electron chi connectivity index (χ1n) is 7.51. The van der Waals surface area contributed by atoms with E-state index in [0.29, 0.717) is 22.2 Å². The van der Waals surface area contributed by atoms with Gasteiger partial charge in [0.1, 0.15) is 0 Å². The predicted molar refractivity (Wildman–Crippen MR) is 98.1 cm³/mol. The van der Waals surface area contributed by atoms with Crippen LogP contribution in [0.15, 0.2) is 58.1 Å². The zero-order valence-electron chi connectivity index (χ0n) is 13.1. The molecule has 1 amide bonds. The number of nitrogens with zero attached hydrogens (tertiary/aromatic N) is 3. The number of anilines is 1. The summed E-state index contributed by atoms with van der Waals surface area (Å²) < 4.78 is 2.22. The minimum Gasteiger partial charge on any atom is -0.326 e. The van der Waals surface area contributed by atoms with Crippen LogP contribution >= 0.6 is 15.9 Å². The maximum Gasteiger partial charge on any atom is 0.261 e. The average Bonchev–Trinajstić information content (AvgIpc) is 2.62. The van der Waals surface area contributed by atoms with Gasteiger partial charge in [-0.15, -0.1) is 0 Å². The third-order valence-electron chi connectivity index (χ3n) is 3.66. The topological polar surface area (TPSA) is 87.8 Å². The number of halogens is 1. The van der Waals surface area contributed by atoms with Crippen molar-refractivity contribution in [2.75, 3.05) is 5.32 Å². The summed E-state index contributed by atoms with van der Waals surface area (Å²) in [5.74, 6) is -0.217. The molecule has 0 saturated carbocycles. The minimum atomic E-state index is -0.217. The van der Waals surface area contributed by atoms with Gasteiger partial charge >= 0.3 is 0 Å². The van der Waals surface area contributed by atoms with E-state index in [1.807, 2.05) is 12.1 Å². The Morgan fingerprint density at radius 1 is 1.24 bits per heavy atom. The van der Waals surface area contributed by atoms with Crippen molar-refractivity contribution in [1.82, 2.24) is 9.55 Å². The Hall–Kier alpha value is -2.98. The number of carbonyl (C=O) groups excluding carboxylic acids is 1. The van der Waals surface area contributed by atoms with E-state index in [1.165, 1.54) is 10.9 Å². The van der Waals surface area contributed by atoms with Crippen LogP contribution in [0, 0.1) is 11.3 Å². The van der Waals surface area contributed by atoms with Crippen molar-refractivity contribution in [3.8, 4) is 6.07 Å². The van der Waals surface area contributed by atoms with Gasteiger partial charge in [0.2, 0.25) is 5.91 Å². The minimum absolute atomic E-state index is 0.140. The van der Waals surface area contributed by atoms with Gasteiger partial charge in [0, 0.05) is 23.1 Å². The lowest BCUT2D eigenvalue weighted by Crippen LogP contribution is -2.23. The summed E-state index contributed by atoms with van der Waals surface area (Å²) in [5.41, 5.74) is 1.57. The van der Waals surface area contributed by atoms with E-state index in [-0.39, 0.29) is 24.4 Å². The molecule has 25 heavy (non-hydrogen) atoms. The number of amides is 1. The van der Waals surface area contributed by atoms with Gasteiger partial charge in [0.25, 0.3) is 5.56 Å². The van der Waals surface area contributed by atoms with Gasteiger partial charge in [-0.1, -0.05) is 15.9 Å². The van der Waals surface area contributed by atoms with Crippen LogP contribution in [0.1, 0.15) is 12.0 Å². The molecular weight excluding hydrogens is 384 g/mol. The highest BCUT2D eigenvalue weighted by Crippen LogP contribution is 2.15. The molecule has 0 radical (unpaired) electrons. The number of aryl methyl sites for hydroxylation is 1. The van der Waals surface area contributed by atoms with E-state index in [1.54, 1.807) is 36.4 Å². The molecule has 0 aliphatic carbocycles. The van der Waals surface area contributed by atoms with Crippen LogP contribution in [-0.2, 0) is 11.3 Å². The first-order chi connectivity index (χ1) is 12.1. The summed E-state index contributed by atoms with van der Waals surface area (Å²) in [6.45, 7) is 0.233. The van der Waals surface area contributed by atoms with E-state index < -0.39 is 0 Å². The number of aromatic nitrogens is 2. The number of rotatable bonds is 4. The van der Waals surface area contributed by atoms with Crippen LogP contribution in [0.4, 0.5) is 5.69 Å². The van der Waals surface area contributed by atoms with Gasteiger partial charge in [-0.05, 0) is 42.5 Å². The summed E-state index contributed by atoms with van der Waals surface area (Å²) in [6, 6.07) is 13.9. The molecule has 0 fully saturated rings. The maximum absolute atomic E-state index is 12.5. The highest BCUT2D eigenvalue weighted by Gasteiger charge is 2.07. The smallest absolute Gasteiger partial charge is 0.261 e. The standard InChI is InChI=1S/C18H13BrN4O2/c19-13-3-6-16-15(9-13)18(25)23(11-21-16)8-7-17(24)22-14-4-1-12(10-20)2-5-14/h1-6,9,11H,7-8H2,(H,22,24). The second kappa shape index (κ2) is 7.28. The fourth-order valence-corrected chi connectivity index (χ4v) is 2.73. The molecule has 3 aromatic rings. The number of fused-ring (bicyclic) bond motifs is 1. The summed E-state index contributed by atoms with van der Waals surface area (Å²) in [5, 5.41) is 12.0. The summed E-state index contributed by atoms with van der Waals surface area (Å²) in [6.07, 6.45) is 1.59. The van der Waals surface area contributed by atoms with Crippen molar-refractivity contribution in [1.29, 1.82) is 5.26 Å². The average molecular weight is 397 g/mol. The lowest BCUT2D eigenvalue weighted by molar-refractivity contribution is -0.116. The SMILES string of the molecule is N#Cc1ccc(NC(=O)CCn2cnc3ccc(Br)cc3c2=O)cc1. The molecule has 0 aliphatic heterocycles. The second-order valence-electron chi connectivity index (χ2n) is 5.39. The van der Waals surface area contributed by atoms with Crippen LogP contribution in [0.2, 0.25) is 0 Å². The maximum atomic E-state index is 12.5. The Kier molecular flexibility index (Phi) is 4.91. The van der Waals surface area contributed by atoms with Crippen LogP contribution < -0.4 is 10.9 Å². The molecule has 0 bridgehead atoms. The van der Waals surface area contributed by atoms with Crippen molar-refractivity contribution in [2.45, 2.75) is 13.0 Å². The quantitative estimate of drug-likeness (QED) is 0.733. The van der Waals surface area contributed by atoms with E-state index in [9.17, 15) is 9.59 Å². The largest absolute Gasteiger partial charge is 0.326 e. The normalized spacial score (nSPS) is 10.4. The van der Waals surface area contributed by atoms with Crippen LogP contribution in [0.5, 0.6) is 0 Å². The molecule has 7 heteroatoms. The first kappa shape index (κ1) is 16.9. The molecule has 1 heterocycles. The van der Waals surface area contributed by atoms with Crippen molar-refractivity contribution in [3.63, 3.8) is 0 Å². The van der Waals surface area contributed by atoms with E-state index in [0.717, 1.165) is 4.47 Å². The van der Waals surface area contributed by atoms with Crippen LogP contribution in [0.3, 0.4) is 0 Å². The van der Waals surface area contributed by atoms with Crippen molar-refractivity contribution in [3.05, 3.63) is 69.2 Å². The molecule has 0 saturated heterocycles. The van der Waals surface area contributed by atoms with Gasteiger partial charge in [-0.3, -0.25) is 14.2 Å². The van der Waals surface area contributed by atoms with Gasteiger partial charge in [-0.2, -0.15) is 5.26 Å². The predicted octanol–water partition coefficient (Wildman–Crippen LogP) is 3.06. The Morgan fingerprint density at radius 3 is 2.72 bits per heavy atom. The monoisotopic (exact) mass is 396 g/mol. The highest BCUT2D eigenvalue weighted by molar-refractivity contribution is 9.10. The zero-order chi connectivity index (χ0) is 17.8. The molecule has 6 nitrogen and oxygen atoms in total. The van der Waals surface area contributed by atoms with Gasteiger partial charge in [-0.25, -0.2) is 4.98 Å². The Morgan fingerprint density at radius 2 is 2.00 bits per heavy atom. The van der Waals surface area contributed by atoms with Crippen LogP contribution in [0.25, 0.3) is 10.9 Å². The molecule has 1 N–H and O–H groups in total. The molecule has 3 rings (SSSR count). The molecule has 124 valence electrons.